The number of halogens is 2. The summed E-state index contributed by atoms with van der Waals surface area (Å²) in [6.07, 6.45) is 1.13. The van der Waals surface area contributed by atoms with Crippen LogP contribution in [0.5, 0.6) is 11.5 Å². The van der Waals surface area contributed by atoms with Crippen molar-refractivity contribution in [1.29, 1.82) is 0 Å². The molecule has 0 saturated carbocycles. The van der Waals surface area contributed by atoms with Crippen molar-refractivity contribution in [3.05, 3.63) is 52.8 Å². The Labute approximate surface area is 121 Å². The predicted molar refractivity (Wildman–Crippen MR) is 75.8 cm³/mol. The molecule has 0 heterocycles. The molecule has 0 fully saturated rings. The molecule has 0 unspecified atom stereocenters. The fourth-order valence-electron chi connectivity index (χ4n) is 1.68. The highest BCUT2D eigenvalue weighted by molar-refractivity contribution is 7.90. The first-order valence-electron chi connectivity index (χ1n) is 5.70. The summed E-state index contributed by atoms with van der Waals surface area (Å²) in [5.74, 6) is 0.196. The van der Waals surface area contributed by atoms with Crippen LogP contribution in [-0.2, 0) is 9.84 Å². The second kappa shape index (κ2) is 5.42. The van der Waals surface area contributed by atoms with Gasteiger partial charge in [0.05, 0.1) is 4.90 Å². The zero-order valence-corrected chi connectivity index (χ0v) is 12.4. The Morgan fingerprint density at radius 2 is 1.85 bits per heavy atom. The average Bonchev–Trinajstić information content (AvgIpc) is 2.29. The van der Waals surface area contributed by atoms with Crippen LogP contribution in [0.4, 0.5) is 4.39 Å². The van der Waals surface area contributed by atoms with Crippen molar-refractivity contribution in [3.63, 3.8) is 0 Å². The van der Waals surface area contributed by atoms with Crippen LogP contribution >= 0.6 is 11.6 Å². The van der Waals surface area contributed by atoms with E-state index in [2.05, 4.69) is 0 Å². The van der Waals surface area contributed by atoms with E-state index in [-0.39, 0.29) is 15.7 Å². The van der Waals surface area contributed by atoms with E-state index in [1.54, 1.807) is 6.92 Å². The molecule has 2 aromatic carbocycles. The Hall–Kier alpha value is -1.59. The summed E-state index contributed by atoms with van der Waals surface area (Å²) in [5.41, 5.74) is 0.633. The molecule has 20 heavy (non-hydrogen) atoms. The summed E-state index contributed by atoms with van der Waals surface area (Å²) in [4.78, 5) is 0.208. The quantitative estimate of drug-likeness (QED) is 0.860. The van der Waals surface area contributed by atoms with E-state index in [0.29, 0.717) is 11.3 Å². The van der Waals surface area contributed by atoms with Crippen molar-refractivity contribution in [1.82, 2.24) is 0 Å². The SMILES string of the molecule is Cc1cc(S(C)(=O)=O)ccc1Oc1cc(F)cc(Cl)c1. The molecule has 106 valence electrons. The maximum Gasteiger partial charge on any atom is 0.175 e. The summed E-state index contributed by atoms with van der Waals surface area (Å²) in [6, 6.07) is 8.34. The van der Waals surface area contributed by atoms with E-state index in [4.69, 9.17) is 16.3 Å². The molecule has 0 bridgehead atoms. The average molecular weight is 315 g/mol. The summed E-state index contributed by atoms with van der Waals surface area (Å²) < 4.78 is 41.6. The van der Waals surface area contributed by atoms with Crippen LogP contribution in [0.25, 0.3) is 0 Å². The Morgan fingerprint density at radius 3 is 2.40 bits per heavy atom. The van der Waals surface area contributed by atoms with Gasteiger partial charge in [-0.3, -0.25) is 0 Å². The van der Waals surface area contributed by atoms with Crippen LogP contribution in [0.15, 0.2) is 41.3 Å². The molecular weight excluding hydrogens is 303 g/mol. The molecule has 0 amide bonds. The molecule has 0 aliphatic heterocycles. The maximum absolute atomic E-state index is 13.2. The van der Waals surface area contributed by atoms with Gasteiger partial charge in [0.2, 0.25) is 0 Å². The molecule has 0 radical (unpaired) electrons. The molecule has 0 saturated heterocycles. The van der Waals surface area contributed by atoms with Crippen molar-refractivity contribution in [2.45, 2.75) is 11.8 Å². The molecule has 3 nitrogen and oxygen atoms in total. The largest absolute Gasteiger partial charge is 0.457 e. The van der Waals surface area contributed by atoms with Crippen LogP contribution in [0, 0.1) is 12.7 Å². The molecule has 0 N–H and O–H groups in total. The molecule has 0 atom stereocenters. The monoisotopic (exact) mass is 314 g/mol. The molecular formula is C14H12ClFO3S. The van der Waals surface area contributed by atoms with Crippen LogP contribution < -0.4 is 4.74 Å². The highest BCUT2D eigenvalue weighted by Gasteiger charge is 2.10. The van der Waals surface area contributed by atoms with Gasteiger partial charge in [-0.2, -0.15) is 0 Å². The molecule has 2 aromatic rings. The van der Waals surface area contributed by atoms with Gasteiger partial charge < -0.3 is 4.74 Å². The number of hydrogen-bond acceptors (Lipinski definition) is 3. The third-order valence-electron chi connectivity index (χ3n) is 2.64. The maximum atomic E-state index is 13.2. The van der Waals surface area contributed by atoms with E-state index < -0.39 is 15.7 Å². The number of ether oxygens (including phenoxy) is 1. The zero-order chi connectivity index (χ0) is 14.9. The number of rotatable bonds is 3. The molecule has 0 aliphatic rings. The van der Waals surface area contributed by atoms with Gasteiger partial charge in [0.15, 0.2) is 9.84 Å². The second-order valence-corrected chi connectivity index (χ2v) is 6.86. The first-order chi connectivity index (χ1) is 9.25. The fraction of sp³-hybridized carbons (Fsp3) is 0.143. The van der Waals surface area contributed by atoms with Crippen LogP contribution in [0.1, 0.15) is 5.56 Å². The highest BCUT2D eigenvalue weighted by atomic mass is 35.5. The van der Waals surface area contributed by atoms with Gasteiger partial charge in [0.1, 0.15) is 17.3 Å². The smallest absolute Gasteiger partial charge is 0.175 e. The lowest BCUT2D eigenvalue weighted by Gasteiger charge is -2.10. The van der Waals surface area contributed by atoms with Gasteiger partial charge in [-0.25, -0.2) is 12.8 Å². The van der Waals surface area contributed by atoms with Gasteiger partial charge >= 0.3 is 0 Å². The Kier molecular flexibility index (Phi) is 4.01. The number of aryl methyl sites for hydroxylation is 1. The van der Waals surface area contributed by atoms with E-state index in [1.807, 2.05) is 0 Å². The Morgan fingerprint density at radius 1 is 1.15 bits per heavy atom. The third kappa shape index (κ3) is 3.49. The van der Waals surface area contributed by atoms with E-state index in [1.165, 1.54) is 36.4 Å². The normalized spacial score (nSPS) is 11.4. The van der Waals surface area contributed by atoms with Crippen molar-refractivity contribution in [2.24, 2.45) is 0 Å². The fourth-order valence-corrected chi connectivity index (χ4v) is 2.60. The zero-order valence-electron chi connectivity index (χ0n) is 10.9. The minimum Gasteiger partial charge on any atom is -0.457 e. The van der Waals surface area contributed by atoms with Gasteiger partial charge in [0.25, 0.3) is 0 Å². The molecule has 0 spiro atoms. The second-order valence-electron chi connectivity index (χ2n) is 4.41. The van der Waals surface area contributed by atoms with Crippen molar-refractivity contribution >= 4 is 21.4 Å². The summed E-state index contributed by atoms with van der Waals surface area (Å²) in [7, 11) is -3.27. The van der Waals surface area contributed by atoms with Gasteiger partial charge in [-0.15, -0.1) is 0 Å². The predicted octanol–water partition coefficient (Wildman–Crippen LogP) is 3.98. The van der Waals surface area contributed by atoms with Crippen LogP contribution in [0.3, 0.4) is 0 Å². The van der Waals surface area contributed by atoms with Crippen molar-refractivity contribution < 1.29 is 17.5 Å². The standard InChI is InChI=1S/C14H12ClFO3S/c1-9-5-13(20(2,17)18)3-4-14(9)19-12-7-10(15)6-11(16)8-12/h3-8H,1-2H3. The highest BCUT2D eigenvalue weighted by Crippen LogP contribution is 2.29. The van der Waals surface area contributed by atoms with Gasteiger partial charge in [-0.05, 0) is 42.8 Å². The molecule has 2 rings (SSSR count). The lowest BCUT2D eigenvalue weighted by atomic mass is 10.2. The summed E-state index contributed by atoms with van der Waals surface area (Å²) >= 11 is 5.74. The lowest BCUT2D eigenvalue weighted by Crippen LogP contribution is -1.98. The van der Waals surface area contributed by atoms with Gasteiger partial charge in [-0.1, -0.05) is 11.6 Å². The van der Waals surface area contributed by atoms with Crippen LogP contribution in [-0.4, -0.2) is 14.7 Å². The summed E-state index contributed by atoms with van der Waals surface area (Å²) in [6.45, 7) is 1.71. The molecule has 0 aliphatic carbocycles. The van der Waals surface area contributed by atoms with E-state index in [0.717, 1.165) is 6.26 Å². The lowest BCUT2D eigenvalue weighted by molar-refractivity contribution is 0.472. The third-order valence-corrected chi connectivity index (χ3v) is 3.97. The molecule has 0 aromatic heterocycles. The minimum atomic E-state index is -3.27. The Bertz CT molecular complexity index is 737. The van der Waals surface area contributed by atoms with Crippen LogP contribution in [0.2, 0.25) is 5.02 Å². The molecule has 6 heteroatoms. The first kappa shape index (κ1) is 14.8. The number of sulfone groups is 1. The minimum absolute atomic E-state index is 0.208. The first-order valence-corrected chi connectivity index (χ1v) is 7.97. The summed E-state index contributed by atoms with van der Waals surface area (Å²) in [5, 5.41) is 0.227. The number of hydrogen-bond donors (Lipinski definition) is 0. The van der Waals surface area contributed by atoms with E-state index in [9.17, 15) is 12.8 Å². The van der Waals surface area contributed by atoms with Gasteiger partial charge in [0, 0.05) is 17.3 Å². The Balaban J connectivity index is 2.35. The number of benzene rings is 2. The topological polar surface area (TPSA) is 43.4 Å². The van der Waals surface area contributed by atoms with Crippen molar-refractivity contribution in [3.8, 4) is 11.5 Å². The van der Waals surface area contributed by atoms with E-state index >= 15 is 0 Å². The van der Waals surface area contributed by atoms with Crippen molar-refractivity contribution in [2.75, 3.05) is 6.26 Å².